The second kappa shape index (κ2) is 6.93. The third-order valence-corrected chi connectivity index (χ3v) is 5.53. The van der Waals surface area contributed by atoms with Crippen molar-refractivity contribution >= 4 is 11.5 Å². The number of benzene rings is 2. The predicted octanol–water partition coefficient (Wildman–Crippen LogP) is 5.12. The summed E-state index contributed by atoms with van der Waals surface area (Å²) in [6.45, 7) is 6.30. The average Bonchev–Trinajstić information content (AvgIpc) is 3.06. The number of hydrazone groups is 1. The van der Waals surface area contributed by atoms with Gasteiger partial charge in [-0.2, -0.15) is 5.10 Å². The zero-order valence-corrected chi connectivity index (χ0v) is 16.6. The molecule has 0 saturated heterocycles. The fourth-order valence-corrected chi connectivity index (χ4v) is 4.17. The lowest BCUT2D eigenvalue weighted by Gasteiger charge is -2.34. The second-order valence-corrected chi connectivity index (χ2v) is 8.66. The van der Waals surface area contributed by atoms with Gasteiger partial charge >= 0.3 is 0 Å². The molecule has 0 bridgehead atoms. The molecule has 0 saturated carbocycles. The van der Waals surface area contributed by atoms with E-state index in [0.29, 0.717) is 12.8 Å². The maximum Gasteiger partial charge on any atom is 0.158 e. The summed E-state index contributed by atoms with van der Waals surface area (Å²) < 4.78 is 0. The zero-order valence-electron chi connectivity index (χ0n) is 16.6. The van der Waals surface area contributed by atoms with Crippen LogP contribution in [0.1, 0.15) is 55.8 Å². The van der Waals surface area contributed by atoms with Crippen molar-refractivity contribution in [2.24, 2.45) is 10.5 Å². The third-order valence-electron chi connectivity index (χ3n) is 5.53. The monoisotopic (exact) mass is 374 g/mol. The van der Waals surface area contributed by atoms with Gasteiger partial charge in [-0.1, -0.05) is 61.9 Å². The van der Waals surface area contributed by atoms with Crippen molar-refractivity contribution in [3.8, 4) is 5.75 Å². The van der Waals surface area contributed by atoms with Crippen molar-refractivity contribution in [2.75, 3.05) is 0 Å². The van der Waals surface area contributed by atoms with E-state index in [4.69, 9.17) is 5.10 Å². The van der Waals surface area contributed by atoms with Crippen LogP contribution in [-0.4, -0.2) is 21.6 Å². The minimum atomic E-state index is -0.120. The molecule has 0 amide bonds. The summed E-state index contributed by atoms with van der Waals surface area (Å²) in [4.78, 5) is 12.3. The smallest absolute Gasteiger partial charge is 0.158 e. The van der Waals surface area contributed by atoms with E-state index >= 15 is 0 Å². The van der Waals surface area contributed by atoms with Gasteiger partial charge in [-0.3, -0.25) is 9.80 Å². The number of aromatic hydroxyl groups is 1. The Hall–Kier alpha value is -2.88. The lowest BCUT2D eigenvalue weighted by atomic mass is 9.78. The predicted molar refractivity (Wildman–Crippen MR) is 111 cm³/mol. The average molecular weight is 374 g/mol. The summed E-state index contributed by atoms with van der Waals surface area (Å²) in [5.41, 5.74) is 4.94. The topological polar surface area (TPSA) is 52.9 Å². The first-order valence-electron chi connectivity index (χ1n) is 9.77. The van der Waals surface area contributed by atoms with Gasteiger partial charge in [-0.15, -0.1) is 0 Å². The molecule has 0 fully saturated rings. The number of phenols is 1. The van der Waals surface area contributed by atoms with Crippen LogP contribution in [0.15, 0.2) is 65.4 Å². The third kappa shape index (κ3) is 3.59. The molecule has 0 spiro atoms. The number of aryl methyl sites for hydroxylation is 1. The van der Waals surface area contributed by atoms with Crippen LogP contribution in [-0.2, 0) is 4.79 Å². The number of hydrogen-bond acceptors (Lipinski definition) is 4. The molecule has 2 aliphatic rings. The van der Waals surface area contributed by atoms with Gasteiger partial charge in [0.05, 0.1) is 11.8 Å². The minimum absolute atomic E-state index is 0.0907. The first-order valence-corrected chi connectivity index (χ1v) is 9.77. The van der Waals surface area contributed by atoms with Gasteiger partial charge in [0, 0.05) is 30.2 Å². The van der Waals surface area contributed by atoms with E-state index in [-0.39, 0.29) is 23.0 Å². The molecular weight excluding hydrogens is 348 g/mol. The Balaban J connectivity index is 1.77. The van der Waals surface area contributed by atoms with Gasteiger partial charge in [-0.05, 0) is 30.4 Å². The van der Waals surface area contributed by atoms with E-state index in [1.165, 1.54) is 5.56 Å². The van der Waals surface area contributed by atoms with Crippen LogP contribution >= 0.6 is 0 Å². The number of hydrogen-bond donors (Lipinski definition) is 1. The summed E-state index contributed by atoms with van der Waals surface area (Å²) in [6, 6.07) is 15.6. The molecule has 1 aliphatic carbocycles. The molecule has 1 heterocycles. The first kappa shape index (κ1) is 18.5. The summed E-state index contributed by atoms with van der Waals surface area (Å²) in [5, 5.41) is 17.4. The summed E-state index contributed by atoms with van der Waals surface area (Å²) in [5.74, 6) is 0.404. The van der Waals surface area contributed by atoms with Gasteiger partial charge in [0.2, 0.25) is 0 Å². The number of carbonyl (C=O) groups excluding carboxylic acids is 1. The fraction of sp³-hybridized carbons (Fsp3) is 0.333. The summed E-state index contributed by atoms with van der Waals surface area (Å²) in [7, 11) is 0. The molecule has 0 unspecified atom stereocenters. The standard InChI is InChI=1S/C24H26N2O2/c1-16-8-10-17(11-9-16)21-13-22(20-6-4-5-7-23(20)28)26(25-21)18-12-19(27)15-24(2,3)14-18/h4-12,22,28H,13-15H2,1-3H3/t22-/m1/s1. The Bertz CT molecular complexity index is 970. The number of carbonyl (C=O) groups is 1. The highest BCUT2D eigenvalue weighted by Crippen LogP contribution is 2.43. The van der Waals surface area contributed by atoms with Crippen LogP contribution in [0, 0.1) is 12.3 Å². The van der Waals surface area contributed by atoms with E-state index in [1.54, 1.807) is 12.1 Å². The van der Waals surface area contributed by atoms with Gasteiger partial charge < -0.3 is 5.11 Å². The Labute approximate surface area is 166 Å². The number of phenolic OH excluding ortho intramolecular Hbond substituents is 1. The molecule has 0 aromatic heterocycles. The highest BCUT2D eigenvalue weighted by molar-refractivity contribution is 6.02. The Kier molecular flexibility index (Phi) is 4.58. The van der Waals surface area contributed by atoms with E-state index in [9.17, 15) is 9.90 Å². The normalized spacial score (nSPS) is 21.5. The molecule has 4 nitrogen and oxygen atoms in total. The largest absolute Gasteiger partial charge is 0.508 e. The minimum Gasteiger partial charge on any atom is -0.508 e. The maximum atomic E-state index is 12.3. The van der Waals surface area contributed by atoms with Crippen LogP contribution in [0.3, 0.4) is 0 Å². The van der Waals surface area contributed by atoms with Gasteiger partial charge in [-0.25, -0.2) is 0 Å². The van der Waals surface area contributed by atoms with Crippen LogP contribution < -0.4 is 0 Å². The highest BCUT2D eigenvalue weighted by Gasteiger charge is 2.37. The van der Waals surface area contributed by atoms with E-state index in [1.807, 2.05) is 23.2 Å². The molecule has 1 atom stereocenters. The number of nitrogens with zero attached hydrogens (tertiary/aromatic N) is 2. The zero-order chi connectivity index (χ0) is 19.9. The van der Waals surface area contributed by atoms with Crippen LogP contribution in [0.25, 0.3) is 0 Å². The van der Waals surface area contributed by atoms with Crippen LogP contribution in [0.2, 0.25) is 0 Å². The maximum absolute atomic E-state index is 12.3. The molecule has 4 heteroatoms. The van der Waals surface area contributed by atoms with Crippen molar-refractivity contribution in [3.63, 3.8) is 0 Å². The quantitative estimate of drug-likeness (QED) is 0.811. The highest BCUT2D eigenvalue weighted by atomic mass is 16.3. The molecule has 0 radical (unpaired) electrons. The van der Waals surface area contributed by atoms with Crippen molar-refractivity contribution in [1.29, 1.82) is 0 Å². The first-order chi connectivity index (χ1) is 13.3. The molecule has 28 heavy (non-hydrogen) atoms. The van der Waals surface area contributed by atoms with Crippen LogP contribution in [0.4, 0.5) is 0 Å². The van der Waals surface area contributed by atoms with Crippen molar-refractivity contribution in [3.05, 3.63) is 77.0 Å². The second-order valence-electron chi connectivity index (χ2n) is 8.66. The molecule has 1 aliphatic heterocycles. The van der Waals surface area contributed by atoms with E-state index in [0.717, 1.165) is 29.0 Å². The fourth-order valence-electron chi connectivity index (χ4n) is 4.17. The molecule has 2 aromatic carbocycles. The number of para-hydroxylation sites is 1. The van der Waals surface area contributed by atoms with Gasteiger partial charge in [0.1, 0.15) is 5.75 Å². The van der Waals surface area contributed by atoms with E-state index < -0.39 is 0 Å². The number of rotatable bonds is 3. The van der Waals surface area contributed by atoms with E-state index in [2.05, 4.69) is 45.0 Å². The lowest BCUT2D eigenvalue weighted by Crippen LogP contribution is -2.29. The van der Waals surface area contributed by atoms with Crippen molar-refractivity contribution in [2.45, 2.75) is 46.1 Å². The number of allylic oxidation sites excluding steroid dienone is 2. The van der Waals surface area contributed by atoms with Crippen LogP contribution in [0.5, 0.6) is 5.75 Å². The molecule has 2 aromatic rings. The molecule has 1 N–H and O–H groups in total. The molecule has 4 rings (SSSR count). The SMILES string of the molecule is Cc1ccc(C2=NN(C3=CC(=O)CC(C)(C)C3)[C@@H](c3ccccc3O)C2)cc1. The summed E-state index contributed by atoms with van der Waals surface area (Å²) in [6.07, 6.45) is 3.76. The van der Waals surface area contributed by atoms with Crippen molar-refractivity contribution < 1.29 is 9.90 Å². The summed E-state index contributed by atoms with van der Waals surface area (Å²) >= 11 is 0. The van der Waals surface area contributed by atoms with Gasteiger partial charge in [0.15, 0.2) is 5.78 Å². The lowest BCUT2D eigenvalue weighted by molar-refractivity contribution is -0.117. The molecular formula is C24H26N2O2. The Morgan fingerprint density at radius 1 is 1.07 bits per heavy atom. The van der Waals surface area contributed by atoms with Gasteiger partial charge in [0.25, 0.3) is 0 Å². The van der Waals surface area contributed by atoms with Crippen molar-refractivity contribution in [1.82, 2.24) is 5.01 Å². The Morgan fingerprint density at radius 3 is 2.46 bits per heavy atom. The molecule has 144 valence electrons. The Morgan fingerprint density at radius 2 is 1.79 bits per heavy atom. The number of ketones is 1.